The minimum absolute atomic E-state index is 0.0318. The van der Waals surface area contributed by atoms with Crippen molar-refractivity contribution in [1.29, 1.82) is 0 Å². The zero-order valence-electron chi connectivity index (χ0n) is 33.6. The van der Waals surface area contributed by atoms with Gasteiger partial charge in [-0.1, -0.05) is 30.3 Å². The van der Waals surface area contributed by atoms with Crippen LogP contribution in [0.2, 0.25) is 0 Å². The largest absolute Gasteiger partial charge is 0.455 e. The number of rotatable bonds is 12. The number of nitrogens with two attached hydrogens (primary N) is 1. The van der Waals surface area contributed by atoms with Gasteiger partial charge in [0.25, 0.3) is 21.8 Å². The molecule has 0 unspecified atom stereocenters. The minimum Gasteiger partial charge on any atom is -0.455 e. The molecule has 3 aromatic heterocycles. The average Bonchev–Trinajstić information content (AvgIpc) is 3.99. The summed E-state index contributed by atoms with van der Waals surface area (Å²) in [5.74, 6) is 0.228. The number of H-pyrrole nitrogens is 1. The smallest absolute Gasteiger partial charge is 0.268 e. The van der Waals surface area contributed by atoms with Crippen LogP contribution in [0.4, 0.5) is 17.1 Å². The number of amides is 2. The zero-order chi connectivity index (χ0) is 41.9. The Labute approximate surface area is 358 Å². The highest BCUT2D eigenvalue weighted by Crippen LogP contribution is 2.33. The lowest BCUT2D eigenvalue weighted by Gasteiger charge is -2.42. The van der Waals surface area contributed by atoms with Crippen molar-refractivity contribution in [2.75, 3.05) is 68.4 Å². The van der Waals surface area contributed by atoms with Crippen LogP contribution in [0.25, 0.3) is 11.0 Å². The Kier molecular flexibility index (Phi) is 11.7. The van der Waals surface area contributed by atoms with Crippen LogP contribution in [-0.2, 0) is 27.7 Å². The number of sulfonamides is 1. The maximum Gasteiger partial charge on any atom is 0.268 e. The van der Waals surface area contributed by atoms with E-state index >= 15 is 0 Å². The fourth-order valence-electron chi connectivity index (χ4n) is 8.41. The second-order valence-electron chi connectivity index (χ2n) is 15.8. The molecule has 3 aliphatic rings. The van der Waals surface area contributed by atoms with E-state index in [0.717, 1.165) is 68.1 Å². The topological polar surface area (TPSA) is 175 Å². The molecule has 9 rings (SSSR count). The highest BCUT2D eigenvalue weighted by Gasteiger charge is 2.33. The van der Waals surface area contributed by atoms with Crippen molar-refractivity contribution in [1.82, 2.24) is 24.5 Å². The van der Waals surface area contributed by atoms with E-state index in [1.54, 1.807) is 36.7 Å². The van der Waals surface area contributed by atoms with E-state index in [1.807, 2.05) is 40.6 Å². The lowest BCUT2D eigenvalue weighted by Crippen LogP contribution is -2.54. The predicted molar refractivity (Wildman–Crippen MR) is 237 cm³/mol. The number of carbonyl (C=O) groups excluding carboxylic acids is 2. The van der Waals surface area contributed by atoms with E-state index in [9.17, 15) is 18.0 Å². The third kappa shape index (κ3) is 9.08. The number of piperazine rings is 1. The van der Waals surface area contributed by atoms with Gasteiger partial charge in [-0.3, -0.25) is 14.5 Å². The summed E-state index contributed by atoms with van der Waals surface area (Å²) in [6.07, 6.45) is 6.02. The van der Waals surface area contributed by atoms with Gasteiger partial charge < -0.3 is 35.3 Å². The van der Waals surface area contributed by atoms with Crippen molar-refractivity contribution < 1.29 is 27.5 Å². The predicted octanol–water partition coefficient (Wildman–Crippen LogP) is 6.35. The van der Waals surface area contributed by atoms with Crippen LogP contribution in [0.15, 0.2) is 108 Å². The van der Waals surface area contributed by atoms with Crippen molar-refractivity contribution in [2.45, 2.75) is 36.7 Å². The molecular weight excluding hydrogens is 813 g/mol. The van der Waals surface area contributed by atoms with Gasteiger partial charge in [-0.25, -0.2) is 18.1 Å². The van der Waals surface area contributed by atoms with Crippen molar-refractivity contribution >= 4 is 61.3 Å². The molecule has 2 fully saturated rings. The van der Waals surface area contributed by atoms with Gasteiger partial charge in [-0.05, 0) is 90.2 Å². The van der Waals surface area contributed by atoms with Gasteiger partial charge in [0.05, 0.1) is 32.9 Å². The molecule has 0 spiro atoms. The number of nitrogen functional groups attached to an aromatic ring is 1. The van der Waals surface area contributed by atoms with Crippen molar-refractivity contribution in [3.63, 3.8) is 0 Å². The average molecular weight is 861 g/mol. The summed E-state index contributed by atoms with van der Waals surface area (Å²) in [5.41, 5.74) is 11.2. The molecule has 2 amide bonds. The molecule has 0 radical (unpaired) electrons. The third-order valence-electron chi connectivity index (χ3n) is 11.8. The minimum atomic E-state index is -4.32. The summed E-state index contributed by atoms with van der Waals surface area (Å²) >= 11 is 1.47. The first-order valence-electron chi connectivity index (χ1n) is 20.6. The summed E-state index contributed by atoms with van der Waals surface area (Å²) in [7, 11) is -4.32. The molecule has 0 bridgehead atoms. The lowest BCUT2D eigenvalue weighted by molar-refractivity contribution is 0.0581. The van der Waals surface area contributed by atoms with E-state index in [1.165, 1.54) is 34.6 Å². The van der Waals surface area contributed by atoms with E-state index in [0.29, 0.717) is 49.2 Å². The lowest BCUT2D eigenvalue weighted by atomic mass is 9.93. The Morgan fingerprint density at radius 3 is 2.56 bits per heavy atom. The SMILES string of the molecule is Nc1cc(S(=O)(=O)NC(=O)c2ccc(N3CCN(C[C@H]4Cc5ccccc5CN4C(=O)c4cccs4)CC3)cc2Oc2cnc3[nH]ccc3c2)ccc1NCC1CCOCC1. The van der Waals surface area contributed by atoms with Gasteiger partial charge in [0.15, 0.2) is 0 Å². The zero-order valence-corrected chi connectivity index (χ0v) is 35.2. The first kappa shape index (κ1) is 40.5. The second-order valence-corrected chi connectivity index (χ2v) is 18.4. The summed E-state index contributed by atoms with van der Waals surface area (Å²) in [5, 5.41) is 6.09. The molecule has 0 aliphatic carbocycles. The molecule has 14 nitrogen and oxygen atoms in total. The maximum absolute atomic E-state index is 13.9. The van der Waals surface area contributed by atoms with E-state index in [2.05, 4.69) is 48.0 Å². The maximum atomic E-state index is 13.9. The molecule has 3 aliphatic heterocycles. The fraction of sp³-hybridized carbons (Fsp3) is 0.311. The normalized spacial score (nSPS) is 17.5. The Morgan fingerprint density at radius 1 is 0.951 bits per heavy atom. The van der Waals surface area contributed by atoms with Crippen molar-refractivity contribution in [2.24, 2.45) is 5.92 Å². The van der Waals surface area contributed by atoms with Gasteiger partial charge in [-0.15, -0.1) is 11.3 Å². The highest BCUT2D eigenvalue weighted by atomic mass is 32.2. The highest BCUT2D eigenvalue weighted by molar-refractivity contribution is 7.90. The van der Waals surface area contributed by atoms with E-state index in [-0.39, 0.29) is 33.8 Å². The molecule has 5 N–H and O–H groups in total. The second kappa shape index (κ2) is 17.6. The molecule has 3 aromatic carbocycles. The summed E-state index contributed by atoms with van der Waals surface area (Å²) < 4.78 is 41.3. The third-order valence-corrected chi connectivity index (χ3v) is 14.0. The first-order valence-corrected chi connectivity index (χ1v) is 22.9. The summed E-state index contributed by atoms with van der Waals surface area (Å²) in [4.78, 5) is 42.4. The van der Waals surface area contributed by atoms with Crippen LogP contribution in [0.5, 0.6) is 11.5 Å². The summed E-state index contributed by atoms with van der Waals surface area (Å²) in [6, 6.07) is 25.5. The number of anilines is 3. The molecule has 1 atom stereocenters. The quantitative estimate of drug-likeness (QED) is 0.101. The number of fused-ring (bicyclic) bond motifs is 2. The number of hydrogen-bond acceptors (Lipinski definition) is 12. The van der Waals surface area contributed by atoms with Crippen molar-refractivity contribution in [3.8, 4) is 11.5 Å². The van der Waals surface area contributed by atoms with Crippen LogP contribution < -0.4 is 25.4 Å². The van der Waals surface area contributed by atoms with Gasteiger partial charge >= 0.3 is 0 Å². The van der Waals surface area contributed by atoms with Crippen LogP contribution in [-0.4, -0.2) is 98.5 Å². The van der Waals surface area contributed by atoms with Crippen LogP contribution in [0, 0.1) is 5.92 Å². The summed E-state index contributed by atoms with van der Waals surface area (Å²) in [6.45, 7) is 6.39. The molecule has 61 heavy (non-hydrogen) atoms. The molecular formula is C45H48N8O6S2. The van der Waals surface area contributed by atoms with Crippen molar-refractivity contribution in [3.05, 3.63) is 124 Å². The molecule has 0 saturated carbocycles. The number of carbonyl (C=O) groups is 2. The molecule has 6 heterocycles. The Bertz CT molecular complexity index is 2640. The van der Waals surface area contributed by atoms with Crippen LogP contribution in [0.1, 0.15) is 44.0 Å². The number of nitrogens with zero attached hydrogens (tertiary/aromatic N) is 4. The van der Waals surface area contributed by atoms with Crippen LogP contribution in [0.3, 0.4) is 0 Å². The molecule has 316 valence electrons. The molecule has 6 aromatic rings. The van der Waals surface area contributed by atoms with E-state index in [4.69, 9.17) is 15.2 Å². The van der Waals surface area contributed by atoms with E-state index < -0.39 is 15.9 Å². The Morgan fingerprint density at radius 2 is 1.77 bits per heavy atom. The number of ether oxygens (including phenoxy) is 2. The van der Waals surface area contributed by atoms with Gasteiger partial charge in [0.1, 0.15) is 17.1 Å². The number of benzene rings is 3. The Balaban J connectivity index is 0.905. The number of nitrogens with one attached hydrogen (secondary N) is 3. The van der Waals surface area contributed by atoms with Gasteiger partial charge in [0.2, 0.25) is 0 Å². The molecule has 16 heteroatoms. The Hall–Kier alpha value is -5.94. The van der Waals surface area contributed by atoms with Crippen LogP contribution >= 0.6 is 11.3 Å². The number of aromatic amines is 1. The first-order chi connectivity index (χ1) is 29.7. The van der Waals surface area contributed by atoms with Gasteiger partial charge in [-0.2, -0.15) is 0 Å². The number of thiophene rings is 1. The monoisotopic (exact) mass is 860 g/mol. The van der Waals surface area contributed by atoms with Gasteiger partial charge in [0, 0.05) is 88.4 Å². The standard InChI is InChI=1S/C45H48N8O6S2/c46-39-25-37(8-10-40(39)48-26-30-12-19-58-20-13-30)61(56,57)50-44(54)38-9-7-34(24-41(38)59-36-23-32-11-14-47-43(32)49-27-36)52-17-15-51(16-18-52)29-35-22-31-4-1-2-5-33(31)28-53(35)45(55)42-6-3-21-60-42/h1-11,14,21,23-25,27,30,35,48H,12-13,15-20,22,26,28-29,46H2,(H,47,49)(H,50,54)/t35-/m1/s1. The number of pyridine rings is 1. The number of hydrogen-bond donors (Lipinski definition) is 4. The molecule has 2 saturated heterocycles. The number of aromatic nitrogens is 2. The fourth-order valence-corrected chi connectivity index (χ4v) is 10.1.